The minimum atomic E-state index is 0.928. The van der Waals surface area contributed by atoms with Gasteiger partial charge in [-0.3, -0.25) is 4.57 Å². The van der Waals surface area contributed by atoms with Crippen LogP contribution >= 0.6 is 11.3 Å². The zero-order valence-electron chi connectivity index (χ0n) is 24.3. The first-order valence-corrected chi connectivity index (χ1v) is 16.0. The molecule has 0 bridgehead atoms. The Balaban J connectivity index is 1.26. The fraction of sp³-hybridized carbons (Fsp3) is 0. The molecule has 0 radical (unpaired) electrons. The molecule has 3 aromatic heterocycles. The number of fused-ring (bicyclic) bond motifs is 5. The molecule has 0 aliphatic carbocycles. The molecule has 0 aliphatic heterocycles. The summed E-state index contributed by atoms with van der Waals surface area (Å²) in [5.74, 6) is 0.928. The zero-order valence-corrected chi connectivity index (χ0v) is 25.2. The van der Waals surface area contributed by atoms with Crippen LogP contribution in [0.15, 0.2) is 164 Å². The van der Waals surface area contributed by atoms with Crippen molar-refractivity contribution in [2.24, 2.45) is 0 Å². The van der Waals surface area contributed by atoms with E-state index in [1.165, 1.54) is 53.5 Å². The lowest BCUT2D eigenvalue weighted by atomic mass is 9.98. The minimum Gasteiger partial charge on any atom is -0.309 e. The molecule has 0 unspecified atom stereocenters. The highest BCUT2D eigenvalue weighted by Gasteiger charge is 2.21. The highest BCUT2D eigenvalue weighted by atomic mass is 32.1. The van der Waals surface area contributed by atoms with Gasteiger partial charge in [0.2, 0.25) is 0 Å². The van der Waals surface area contributed by atoms with Gasteiger partial charge in [0, 0.05) is 60.6 Å². The number of hydrogen-bond acceptors (Lipinski definition) is 2. The van der Waals surface area contributed by atoms with Crippen molar-refractivity contribution in [3.63, 3.8) is 0 Å². The molecule has 0 spiro atoms. The van der Waals surface area contributed by atoms with E-state index in [1.807, 2.05) is 29.8 Å². The first kappa shape index (κ1) is 25.8. The first-order valence-electron chi connectivity index (χ1n) is 15.1. The maximum Gasteiger partial charge on any atom is 0.144 e. The molecule has 0 fully saturated rings. The largest absolute Gasteiger partial charge is 0.309 e. The highest BCUT2D eigenvalue weighted by Crippen LogP contribution is 2.49. The average molecular weight is 594 g/mol. The SMILES string of the molecule is c1ccc(-c2sc3c(ccc4c3c3ccccc3n4-c3ccc(-c4nccn4-c4ccccc4)cc3)c2-c2ccccc2)cc1. The Hall–Kier alpha value is -5.71. The van der Waals surface area contributed by atoms with Gasteiger partial charge in [0.05, 0.1) is 11.0 Å². The molecule has 3 nitrogen and oxygen atoms in total. The number of nitrogens with zero attached hydrogens (tertiary/aromatic N) is 3. The minimum absolute atomic E-state index is 0.928. The van der Waals surface area contributed by atoms with Crippen molar-refractivity contribution in [3.8, 4) is 44.3 Å². The summed E-state index contributed by atoms with van der Waals surface area (Å²) in [7, 11) is 0. The lowest BCUT2D eigenvalue weighted by molar-refractivity contribution is 1.07. The lowest BCUT2D eigenvalue weighted by Crippen LogP contribution is -1.97. The normalized spacial score (nSPS) is 11.6. The fourth-order valence-corrected chi connectivity index (χ4v) is 8.03. The Labute approximate surface area is 264 Å². The fourth-order valence-electron chi connectivity index (χ4n) is 6.64. The third-order valence-corrected chi connectivity index (χ3v) is 9.92. The van der Waals surface area contributed by atoms with Crippen molar-refractivity contribution < 1.29 is 0 Å². The van der Waals surface area contributed by atoms with Crippen molar-refractivity contribution >= 4 is 43.2 Å². The Kier molecular flexibility index (Phi) is 6.00. The molecule has 0 saturated heterocycles. The van der Waals surface area contributed by atoms with Gasteiger partial charge in [-0.05, 0) is 59.7 Å². The van der Waals surface area contributed by atoms with E-state index in [0.29, 0.717) is 0 Å². The Morgan fingerprint density at radius 3 is 1.91 bits per heavy atom. The van der Waals surface area contributed by atoms with Gasteiger partial charge in [0.1, 0.15) is 5.82 Å². The second kappa shape index (κ2) is 10.5. The van der Waals surface area contributed by atoms with Crippen molar-refractivity contribution in [1.29, 1.82) is 0 Å². The highest BCUT2D eigenvalue weighted by molar-refractivity contribution is 7.24. The smallest absolute Gasteiger partial charge is 0.144 e. The Bertz CT molecular complexity index is 2450. The molecule has 0 aliphatic rings. The van der Waals surface area contributed by atoms with Crippen LogP contribution in [0.25, 0.3) is 76.2 Å². The Morgan fingerprint density at radius 2 is 1.16 bits per heavy atom. The molecule has 9 rings (SSSR count). The number of rotatable bonds is 5. The summed E-state index contributed by atoms with van der Waals surface area (Å²) in [6.07, 6.45) is 3.88. The predicted molar refractivity (Wildman–Crippen MR) is 190 cm³/mol. The van der Waals surface area contributed by atoms with Gasteiger partial charge in [-0.2, -0.15) is 0 Å². The van der Waals surface area contributed by atoms with E-state index in [-0.39, 0.29) is 0 Å². The Morgan fingerprint density at radius 1 is 0.489 bits per heavy atom. The molecule has 212 valence electrons. The number of imidazole rings is 1. The van der Waals surface area contributed by atoms with Gasteiger partial charge in [0.15, 0.2) is 0 Å². The molecule has 3 heterocycles. The van der Waals surface area contributed by atoms with E-state index in [4.69, 9.17) is 4.98 Å². The second-order valence-electron chi connectivity index (χ2n) is 11.2. The molecule has 0 N–H and O–H groups in total. The van der Waals surface area contributed by atoms with Crippen LogP contribution in [0.5, 0.6) is 0 Å². The average Bonchev–Trinajstić information content (AvgIpc) is 3.84. The summed E-state index contributed by atoms with van der Waals surface area (Å²) in [5, 5.41) is 3.86. The van der Waals surface area contributed by atoms with Crippen molar-refractivity contribution in [2.45, 2.75) is 0 Å². The molecule has 0 amide bonds. The van der Waals surface area contributed by atoms with E-state index in [1.54, 1.807) is 0 Å². The third kappa shape index (κ3) is 4.15. The molecule has 0 atom stereocenters. The van der Waals surface area contributed by atoms with Crippen LogP contribution < -0.4 is 0 Å². The van der Waals surface area contributed by atoms with Gasteiger partial charge in [0.25, 0.3) is 0 Å². The van der Waals surface area contributed by atoms with Crippen molar-refractivity contribution in [2.75, 3.05) is 0 Å². The van der Waals surface area contributed by atoms with Crippen LogP contribution in [0.3, 0.4) is 0 Å². The molecule has 0 saturated carbocycles. The van der Waals surface area contributed by atoms with Crippen molar-refractivity contribution in [3.05, 3.63) is 164 Å². The number of thiophene rings is 1. The van der Waals surface area contributed by atoms with Crippen LogP contribution in [0.2, 0.25) is 0 Å². The lowest BCUT2D eigenvalue weighted by Gasteiger charge is -2.11. The van der Waals surface area contributed by atoms with Gasteiger partial charge >= 0.3 is 0 Å². The maximum atomic E-state index is 4.71. The quantitative estimate of drug-likeness (QED) is 0.195. The standard InChI is InChI=1S/C41H27N3S/c1-4-12-28(13-5-1)37-34-24-25-36-38(40(34)45-39(37)29-14-6-2-7-15-29)33-18-10-11-19-35(33)44(36)32-22-20-30(21-23-32)41-42-26-27-43(41)31-16-8-3-9-17-31/h1-27H. The second-order valence-corrected chi connectivity index (χ2v) is 12.3. The molecule has 4 heteroatoms. The summed E-state index contributed by atoms with van der Waals surface area (Å²) >= 11 is 1.90. The van der Waals surface area contributed by atoms with E-state index < -0.39 is 0 Å². The van der Waals surface area contributed by atoms with Gasteiger partial charge < -0.3 is 4.57 Å². The first-order chi connectivity index (χ1) is 22.3. The van der Waals surface area contributed by atoms with Crippen molar-refractivity contribution in [1.82, 2.24) is 14.1 Å². The molecule has 9 aromatic rings. The molecule has 45 heavy (non-hydrogen) atoms. The van der Waals surface area contributed by atoms with Gasteiger partial charge in [-0.15, -0.1) is 11.3 Å². The van der Waals surface area contributed by atoms with Crippen LogP contribution in [0, 0.1) is 0 Å². The van der Waals surface area contributed by atoms with Crippen LogP contribution in [0.1, 0.15) is 0 Å². The molecule has 6 aromatic carbocycles. The molecular formula is C41H27N3S. The maximum absolute atomic E-state index is 4.71. The number of para-hydroxylation sites is 2. The van der Waals surface area contributed by atoms with Gasteiger partial charge in [-0.25, -0.2) is 4.98 Å². The summed E-state index contributed by atoms with van der Waals surface area (Å²) < 4.78 is 5.86. The predicted octanol–water partition coefficient (Wildman–Crippen LogP) is 11.2. The zero-order chi connectivity index (χ0) is 29.7. The summed E-state index contributed by atoms with van der Waals surface area (Å²) in [6.45, 7) is 0. The van der Waals surface area contributed by atoms with Crippen LogP contribution in [0.4, 0.5) is 0 Å². The molecular weight excluding hydrogens is 567 g/mol. The van der Waals surface area contributed by atoms with E-state index >= 15 is 0 Å². The van der Waals surface area contributed by atoms with E-state index in [0.717, 1.165) is 22.8 Å². The van der Waals surface area contributed by atoms with E-state index in [2.05, 4.69) is 155 Å². The number of benzene rings is 6. The summed E-state index contributed by atoms with van der Waals surface area (Å²) in [6, 6.07) is 54.2. The summed E-state index contributed by atoms with van der Waals surface area (Å²) in [5.41, 5.74) is 9.52. The summed E-state index contributed by atoms with van der Waals surface area (Å²) in [4.78, 5) is 6.01. The van der Waals surface area contributed by atoms with E-state index in [9.17, 15) is 0 Å². The van der Waals surface area contributed by atoms with Crippen LogP contribution in [-0.4, -0.2) is 14.1 Å². The third-order valence-electron chi connectivity index (χ3n) is 8.65. The monoisotopic (exact) mass is 593 g/mol. The topological polar surface area (TPSA) is 22.8 Å². The number of aromatic nitrogens is 3. The van der Waals surface area contributed by atoms with Crippen LogP contribution in [-0.2, 0) is 0 Å². The number of hydrogen-bond donors (Lipinski definition) is 0. The van der Waals surface area contributed by atoms with Gasteiger partial charge in [-0.1, -0.05) is 103 Å².